The number of carbonyl (C=O) groups is 1. The van der Waals surface area contributed by atoms with Crippen LogP contribution in [0.4, 0.5) is 0 Å². The molecular weight excluding hydrogens is 370 g/mol. The summed E-state index contributed by atoms with van der Waals surface area (Å²) in [6.07, 6.45) is 0. The van der Waals surface area contributed by atoms with Crippen molar-refractivity contribution in [3.8, 4) is 0 Å². The Bertz CT molecular complexity index is 1030. The number of pyridine rings is 1. The zero-order chi connectivity index (χ0) is 18.6. The van der Waals surface area contributed by atoms with Crippen LogP contribution >= 0.6 is 11.8 Å². The summed E-state index contributed by atoms with van der Waals surface area (Å²) in [4.78, 5) is 16.6. The van der Waals surface area contributed by atoms with Crippen LogP contribution in [0.3, 0.4) is 0 Å². The number of para-hydroxylation sites is 1. The lowest BCUT2D eigenvalue weighted by molar-refractivity contribution is -0.118. The molecule has 0 bridgehead atoms. The molecular formula is C18H17N3O3S2. The predicted octanol–water partition coefficient (Wildman–Crippen LogP) is 2.29. The molecule has 0 radical (unpaired) electrons. The van der Waals surface area contributed by atoms with E-state index in [1.54, 1.807) is 12.1 Å². The summed E-state index contributed by atoms with van der Waals surface area (Å²) in [5, 5.41) is 9.70. The van der Waals surface area contributed by atoms with Crippen LogP contribution in [0.15, 0.2) is 70.6 Å². The maximum Gasteiger partial charge on any atom is 0.238 e. The highest BCUT2D eigenvalue weighted by Crippen LogP contribution is 2.19. The number of sulfonamides is 1. The third-order valence-corrected chi connectivity index (χ3v) is 5.52. The van der Waals surface area contributed by atoms with Crippen LogP contribution in [-0.2, 0) is 21.4 Å². The Hall–Kier alpha value is -2.42. The van der Waals surface area contributed by atoms with Gasteiger partial charge in [-0.2, -0.15) is 0 Å². The van der Waals surface area contributed by atoms with E-state index in [2.05, 4.69) is 10.3 Å². The molecule has 3 aromatic rings. The quantitative estimate of drug-likeness (QED) is 0.632. The number of aromatic nitrogens is 1. The normalized spacial score (nSPS) is 11.4. The summed E-state index contributed by atoms with van der Waals surface area (Å²) < 4.78 is 22.4. The number of primary sulfonamides is 1. The van der Waals surface area contributed by atoms with Crippen LogP contribution in [0, 0.1) is 0 Å². The largest absolute Gasteiger partial charge is 0.351 e. The summed E-state index contributed by atoms with van der Waals surface area (Å²) in [6.45, 7) is 0.315. The molecule has 8 heteroatoms. The number of thioether (sulfide) groups is 1. The van der Waals surface area contributed by atoms with Crippen molar-refractivity contribution in [2.75, 3.05) is 5.75 Å². The Balaban J connectivity index is 1.52. The molecule has 3 N–H and O–H groups in total. The molecule has 3 rings (SSSR count). The Morgan fingerprint density at radius 2 is 1.77 bits per heavy atom. The minimum Gasteiger partial charge on any atom is -0.351 e. The molecule has 26 heavy (non-hydrogen) atoms. The van der Waals surface area contributed by atoms with Gasteiger partial charge in [-0.05, 0) is 29.8 Å². The molecule has 0 aliphatic heterocycles. The lowest BCUT2D eigenvalue weighted by Crippen LogP contribution is -2.24. The zero-order valence-electron chi connectivity index (χ0n) is 13.8. The van der Waals surface area contributed by atoms with Crippen molar-refractivity contribution < 1.29 is 13.2 Å². The first-order valence-corrected chi connectivity index (χ1v) is 10.3. The monoisotopic (exact) mass is 387 g/mol. The fourth-order valence-corrected chi connectivity index (χ4v) is 3.54. The second-order valence-electron chi connectivity index (χ2n) is 5.60. The number of hydrogen-bond acceptors (Lipinski definition) is 5. The van der Waals surface area contributed by atoms with Crippen molar-refractivity contribution >= 4 is 38.6 Å². The fourth-order valence-electron chi connectivity index (χ4n) is 2.32. The van der Waals surface area contributed by atoms with Gasteiger partial charge < -0.3 is 5.32 Å². The van der Waals surface area contributed by atoms with Crippen LogP contribution in [0.1, 0.15) is 5.56 Å². The molecule has 0 unspecified atom stereocenters. The second kappa shape index (κ2) is 7.86. The predicted molar refractivity (Wildman–Crippen MR) is 102 cm³/mol. The number of nitrogens with two attached hydrogens (primary N) is 1. The highest BCUT2D eigenvalue weighted by Gasteiger charge is 2.08. The van der Waals surface area contributed by atoms with Gasteiger partial charge in [0.05, 0.1) is 21.2 Å². The van der Waals surface area contributed by atoms with E-state index >= 15 is 0 Å². The van der Waals surface area contributed by atoms with E-state index in [9.17, 15) is 13.2 Å². The Labute approximate surface area is 155 Å². The number of fused-ring (bicyclic) bond motifs is 1. The first kappa shape index (κ1) is 18.4. The lowest BCUT2D eigenvalue weighted by atomic mass is 10.2. The first-order chi connectivity index (χ1) is 12.4. The Morgan fingerprint density at radius 3 is 2.50 bits per heavy atom. The van der Waals surface area contributed by atoms with Crippen LogP contribution < -0.4 is 10.5 Å². The SMILES string of the molecule is NS(=O)(=O)c1ccc(CNC(=O)CSc2ccc3ccccc3n2)cc1. The lowest BCUT2D eigenvalue weighted by Gasteiger charge is -2.06. The average Bonchev–Trinajstić information content (AvgIpc) is 2.64. The molecule has 1 amide bonds. The van der Waals surface area contributed by atoms with E-state index in [0.29, 0.717) is 6.54 Å². The topological polar surface area (TPSA) is 102 Å². The molecule has 1 heterocycles. The van der Waals surface area contributed by atoms with Crippen molar-refractivity contribution in [2.24, 2.45) is 5.14 Å². The van der Waals surface area contributed by atoms with Crippen LogP contribution in [-0.4, -0.2) is 25.1 Å². The van der Waals surface area contributed by atoms with E-state index in [4.69, 9.17) is 5.14 Å². The van der Waals surface area contributed by atoms with Crippen LogP contribution in [0.2, 0.25) is 0 Å². The van der Waals surface area contributed by atoms with Crippen LogP contribution in [0.25, 0.3) is 10.9 Å². The average molecular weight is 387 g/mol. The van der Waals surface area contributed by atoms with Gasteiger partial charge in [-0.15, -0.1) is 0 Å². The van der Waals surface area contributed by atoms with Gasteiger partial charge in [0.15, 0.2) is 0 Å². The number of nitrogens with zero attached hydrogens (tertiary/aromatic N) is 1. The van der Waals surface area contributed by atoms with E-state index in [1.807, 2.05) is 36.4 Å². The molecule has 2 aromatic carbocycles. The van der Waals surface area contributed by atoms with Crippen LogP contribution in [0.5, 0.6) is 0 Å². The van der Waals surface area contributed by atoms with Gasteiger partial charge in [0.2, 0.25) is 15.9 Å². The van der Waals surface area contributed by atoms with Gasteiger partial charge in [0, 0.05) is 11.9 Å². The maximum atomic E-state index is 12.0. The smallest absolute Gasteiger partial charge is 0.238 e. The molecule has 134 valence electrons. The van der Waals surface area contributed by atoms with Crippen molar-refractivity contribution in [3.63, 3.8) is 0 Å². The van der Waals surface area contributed by atoms with Gasteiger partial charge in [-0.25, -0.2) is 18.5 Å². The molecule has 0 spiro atoms. The van der Waals surface area contributed by atoms with Gasteiger partial charge in [-0.3, -0.25) is 4.79 Å². The number of hydrogen-bond donors (Lipinski definition) is 2. The van der Waals surface area contributed by atoms with Crippen molar-refractivity contribution in [1.29, 1.82) is 0 Å². The Kier molecular flexibility index (Phi) is 5.55. The van der Waals surface area contributed by atoms with E-state index in [0.717, 1.165) is 21.5 Å². The number of carbonyl (C=O) groups excluding carboxylic acids is 1. The van der Waals surface area contributed by atoms with Gasteiger partial charge in [0.1, 0.15) is 0 Å². The highest BCUT2D eigenvalue weighted by atomic mass is 32.2. The number of nitrogens with one attached hydrogen (secondary N) is 1. The van der Waals surface area contributed by atoms with Crippen molar-refractivity contribution in [3.05, 3.63) is 66.2 Å². The minimum absolute atomic E-state index is 0.0468. The summed E-state index contributed by atoms with van der Waals surface area (Å²) in [5.41, 5.74) is 1.69. The number of amides is 1. The summed E-state index contributed by atoms with van der Waals surface area (Å²) >= 11 is 1.37. The second-order valence-corrected chi connectivity index (χ2v) is 8.15. The molecule has 0 fully saturated rings. The summed E-state index contributed by atoms with van der Waals surface area (Å²) in [5.74, 6) is 0.126. The van der Waals surface area contributed by atoms with Gasteiger partial charge >= 0.3 is 0 Å². The molecule has 0 aliphatic carbocycles. The molecule has 6 nitrogen and oxygen atoms in total. The summed E-state index contributed by atoms with van der Waals surface area (Å²) in [7, 11) is -3.70. The standard InChI is InChI=1S/C18H17N3O3S2/c19-26(23,24)15-8-5-13(6-9-15)11-20-17(22)12-25-18-10-7-14-3-1-2-4-16(14)21-18/h1-10H,11-12H2,(H,20,22)(H2,19,23,24). The van der Waals surface area contributed by atoms with E-state index < -0.39 is 10.0 Å². The first-order valence-electron chi connectivity index (χ1n) is 7.79. The number of benzene rings is 2. The zero-order valence-corrected chi connectivity index (χ0v) is 15.4. The molecule has 0 saturated carbocycles. The highest BCUT2D eigenvalue weighted by molar-refractivity contribution is 7.99. The third-order valence-electron chi connectivity index (χ3n) is 3.67. The maximum absolute atomic E-state index is 12.0. The van der Waals surface area contributed by atoms with Gasteiger partial charge in [0.25, 0.3) is 0 Å². The molecule has 1 aromatic heterocycles. The number of rotatable bonds is 6. The van der Waals surface area contributed by atoms with Crippen molar-refractivity contribution in [1.82, 2.24) is 10.3 Å². The fraction of sp³-hybridized carbons (Fsp3) is 0.111. The van der Waals surface area contributed by atoms with Crippen molar-refractivity contribution in [2.45, 2.75) is 16.5 Å². The molecule has 0 aliphatic rings. The molecule has 0 atom stereocenters. The minimum atomic E-state index is -3.70. The summed E-state index contributed by atoms with van der Waals surface area (Å²) in [6, 6.07) is 17.8. The molecule has 0 saturated heterocycles. The Morgan fingerprint density at radius 1 is 1.04 bits per heavy atom. The van der Waals surface area contributed by atoms with Gasteiger partial charge in [-0.1, -0.05) is 48.2 Å². The van der Waals surface area contributed by atoms with E-state index in [-0.39, 0.29) is 16.6 Å². The van der Waals surface area contributed by atoms with E-state index in [1.165, 1.54) is 23.9 Å². The third kappa shape index (κ3) is 4.81.